The summed E-state index contributed by atoms with van der Waals surface area (Å²) in [7, 11) is 3.88. The number of nitrogens with two attached hydrogens (primary N) is 1. The molecule has 0 saturated carbocycles. The number of nitrogens with zero attached hydrogens (tertiary/aromatic N) is 2. The maximum absolute atomic E-state index is 12.7. The topological polar surface area (TPSA) is 122 Å². The first kappa shape index (κ1) is 28.3. The van der Waals surface area contributed by atoms with E-state index >= 15 is 0 Å². The zero-order valence-electron chi connectivity index (χ0n) is 20.9. The number of carbonyl (C=O) groups is 2. The van der Waals surface area contributed by atoms with Gasteiger partial charge in [0.1, 0.15) is 11.4 Å². The van der Waals surface area contributed by atoms with E-state index < -0.39 is 30.1 Å². The highest BCUT2D eigenvalue weighted by atomic mass is 19.4. The van der Waals surface area contributed by atoms with Gasteiger partial charge in [0, 0.05) is 11.9 Å². The predicted octanol–water partition coefficient (Wildman–Crippen LogP) is 5.02. The molecule has 5 N–H and O–H groups in total. The first-order valence-electron chi connectivity index (χ1n) is 11.7. The lowest BCUT2D eigenvalue weighted by molar-refractivity contribution is -0.274. The molecule has 202 valence electrons. The van der Waals surface area contributed by atoms with E-state index in [1.807, 2.05) is 19.0 Å². The Balaban J connectivity index is 1.67. The fourth-order valence-electron chi connectivity index (χ4n) is 3.54. The van der Waals surface area contributed by atoms with Crippen molar-refractivity contribution >= 4 is 29.0 Å². The Kier molecular flexibility index (Phi) is 9.49. The van der Waals surface area contributed by atoms with Crippen LogP contribution in [0.15, 0.2) is 66.9 Å². The molecule has 0 saturated heterocycles. The number of hydrogen-bond acceptors (Lipinski definition) is 6. The van der Waals surface area contributed by atoms with Gasteiger partial charge in [-0.1, -0.05) is 18.2 Å². The Hall–Kier alpha value is -4.32. The summed E-state index contributed by atoms with van der Waals surface area (Å²) < 4.78 is 40.9. The van der Waals surface area contributed by atoms with Crippen molar-refractivity contribution in [1.82, 2.24) is 15.2 Å². The van der Waals surface area contributed by atoms with Gasteiger partial charge >= 0.3 is 12.4 Å². The number of carbonyl (C=O) groups excluding carboxylic acids is 2. The number of ether oxygens (including phenoxy) is 1. The van der Waals surface area contributed by atoms with E-state index in [4.69, 9.17) is 5.73 Å². The van der Waals surface area contributed by atoms with Gasteiger partial charge in [-0.05, 0) is 81.5 Å². The third-order valence-corrected chi connectivity index (χ3v) is 5.38. The van der Waals surface area contributed by atoms with Crippen molar-refractivity contribution in [3.8, 4) is 5.75 Å². The summed E-state index contributed by atoms with van der Waals surface area (Å²) in [5.74, 6) is -0.822. The van der Waals surface area contributed by atoms with Crippen LogP contribution in [0.5, 0.6) is 5.75 Å². The molecule has 9 nitrogen and oxygen atoms in total. The molecule has 0 aliphatic rings. The van der Waals surface area contributed by atoms with E-state index in [0.29, 0.717) is 23.4 Å². The monoisotopic (exact) mass is 530 g/mol. The van der Waals surface area contributed by atoms with Gasteiger partial charge in [0.15, 0.2) is 0 Å². The minimum atomic E-state index is -4.80. The van der Waals surface area contributed by atoms with Crippen molar-refractivity contribution in [2.45, 2.75) is 25.2 Å². The Labute approximate surface area is 218 Å². The van der Waals surface area contributed by atoms with Crippen LogP contribution in [0.4, 0.5) is 35.0 Å². The van der Waals surface area contributed by atoms with Gasteiger partial charge in [0.2, 0.25) is 0 Å². The van der Waals surface area contributed by atoms with Crippen LogP contribution in [0.1, 0.15) is 34.9 Å². The van der Waals surface area contributed by atoms with E-state index in [2.05, 4.69) is 25.7 Å². The average Bonchev–Trinajstić information content (AvgIpc) is 2.85. The Bertz CT molecular complexity index is 1220. The molecular weight excluding hydrogens is 501 g/mol. The summed E-state index contributed by atoms with van der Waals surface area (Å²) in [6.45, 7) is 0.785. The molecule has 0 aliphatic carbocycles. The lowest BCUT2D eigenvalue weighted by Crippen LogP contribution is -2.33. The molecule has 0 bridgehead atoms. The number of urea groups is 1. The number of hydrogen-bond donors (Lipinski definition) is 4. The second-order valence-corrected chi connectivity index (χ2v) is 8.69. The third-order valence-electron chi connectivity index (χ3n) is 5.38. The molecule has 0 aliphatic heterocycles. The summed E-state index contributed by atoms with van der Waals surface area (Å²) >= 11 is 0. The highest BCUT2D eigenvalue weighted by molar-refractivity contribution is 6.04. The number of nitrogen functional groups attached to an aromatic ring is 1. The van der Waals surface area contributed by atoms with E-state index in [1.54, 1.807) is 36.4 Å². The lowest BCUT2D eigenvalue weighted by atomic mass is 10.0. The number of para-hydroxylation sites is 2. The molecule has 1 atom stereocenters. The van der Waals surface area contributed by atoms with Gasteiger partial charge < -0.3 is 31.3 Å². The molecule has 1 heterocycles. The number of alkyl halides is 3. The van der Waals surface area contributed by atoms with Crippen LogP contribution in [0.2, 0.25) is 0 Å². The molecular formula is C26H29F3N6O3. The van der Waals surface area contributed by atoms with Crippen LogP contribution in [-0.4, -0.2) is 48.8 Å². The molecule has 3 aromatic rings. The number of pyridine rings is 1. The molecule has 12 heteroatoms. The molecule has 0 spiro atoms. The minimum absolute atomic E-state index is 0.176. The van der Waals surface area contributed by atoms with Crippen LogP contribution in [-0.2, 0) is 0 Å². The number of amides is 3. The smallest absolute Gasteiger partial charge is 0.406 e. The first-order chi connectivity index (χ1) is 18.0. The van der Waals surface area contributed by atoms with Crippen LogP contribution in [0, 0.1) is 0 Å². The highest BCUT2D eigenvalue weighted by Crippen LogP contribution is 2.24. The molecule has 0 fully saturated rings. The summed E-state index contributed by atoms with van der Waals surface area (Å²) in [4.78, 5) is 31.5. The quantitative estimate of drug-likeness (QED) is 0.273. The molecule has 3 amide bonds. The maximum Gasteiger partial charge on any atom is 0.573 e. The van der Waals surface area contributed by atoms with Gasteiger partial charge in [-0.3, -0.25) is 9.78 Å². The maximum atomic E-state index is 12.7. The summed E-state index contributed by atoms with van der Waals surface area (Å²) in [6, 6.07) is 14.0. The van der Waals surface area contributed by atoms with Gasteiger partial charge in [0.25, 0.3) is 5.91 Å². The van der Waals surface area contributed by atoms with Crippen molar-refractivity contribution in [3.05, 3.63) is 78.1 Å². The normalized spacial score (nSPS) is 12.1. The first-order valence-corrected chi connectivity index (χ1v) is 11.7. The van der Waals surface area contributed by atoms with Crippen LogP contribution in [0.3, 0.4) is 0 Å². The van der Waals surface area contributed by atoms with E-state index in [0.717, 1.165) is 25.1 Å². The second-order valence-electron chi connectivity index (χ2n) is 8.69. The van der Waals surface area contributed by atoms with E-state index in [-0.39, 0.29) is 11.4 Å². The van der Waals surface area contributed by atoms with Crippen LogP contribution < -0.4 is 26.4 Å². The molecule has 2 aromatic carbocycles. The second kappa shape index (κ2) is 12.8. The summed E-state index contributed by atoms with van der Waals surface area (Å²) in [5.41, 5.74) is 7.92. The highest BCUT2D eigenvalue weighted by Gasteiger charge is 2.31. The van der Waals surface area contributed by atoms with Crippen LogP contribution in [0.25, 0.3) is 0 Å². The number of halogens is 3. The number of rotatable bonds is 10. The summed E-state index contributed by atoms with van der Waals surface area (Å²) in [5, 5.41) is 8.18. The van der Waals surface area contributed by atoms with Crippen molar-refractivity contribution in [1.29, 1.82) is 0 Å². The van der Waals surface area contributed by atoms with Crippen molar-refractivity contribution in [3.63, 3.8) is 0 Å². The zero-order chi connectivity index (χ0) is 27.7. The average molecular weight is 531 g/mol. The molecule has 1 unspecified atom stereocenters. The largest absolute Gasteiger partial charge is 0.573 e. The van der Waals surface area contributed by atoms with Gasteiger partial charge in [-0.2, -0.15) is 0 Å². The lowest BCUT2D eigenvalue weighted by Gasteiger charge is -2.21. The number of anilines is 3. The molecule has 3 rings (SSSR count). The summed E-state index contributed by atoms with van der Waals surface area (Å²) in [6.07, 6.45) is -1.94. The van der Waals surface area contributed by atoms with E-state index in [9.17, 15) is 22.8 Å². The van der Waals surface area contributed by atoms with Crippen LogP contribution >= 0.6 is 0 Å². The van der Waals surface area contributed by atoms with Gasteiger partial charge in [-0.25, -0.2) is 4.79 Å². The fourth-order valence-corrected chi connectivity index (χ4v) is 3.54. The standard InChI is InChI=1S/C26H29F3N6O3/c1-35(2)15-5-8-21(34-25(37)32-18-10-12-19(13-11-18)38-26(27,28)29)17-9-14-23(31-16-17)24(36)33-22-7-4-3-6-20(22)30/h3-4,6-7,9-14,16,21H,5,8,15,30H2,1-2H3,(H,33,36)(H2,32,34,37). The zero-order valence-corrected chi connectivity index (χ0v) is 20.9. The van der Waals surface area contributed by atoms with E-state index in [1.165, 1.54) is 18.3 Å². The Morgan fingerprint density at radius 1 is 1.03 bits per heavy atom. The van der Waals surface area contributed by atoms with Gasteiger partial charge in [0.05, 0.1) is 17.4 Å². The Morgan fingerprint density at radius 3 is 2.34 bits per heavy atom. The number of aromatic nitrogens is 1. The SMILES string of the molecule is CN(C)CCCC(NC(=O)Nc1ccc(OC(F)(F)F)cc1)c1ccc(C(=O)Nc2ccccc2N)nc1. The molecule has 0 radical (unpaired) electrons. The van der Waals surface area contributed by atoms with Gasteiger partial charge in [-0.15, -0.1) is 13.2 Å². The van der Waals surface area contributed by atoms with Crippen molar-refractivity contribution < 1.29 is 27.5 Å². The fraction of sp³-hybridized carbons (Fsp3) is 0.269. The number of nitrogens with one attached hydrogen (secondary N) is 3. The van der Waals surface area contributed by atoms with Crippen molar-refractivity contribution in [2.24, 2.45) is 0 Å². The Morgan fingerprint density at radius 2 is 1.74 bits per heavy atom. The predicted molar refractivity (Wildman–Crippen MR) is 139 cm³/mol. The third kappa shape index (κ3) is 8.96. The van der Waals surface area contributed by atoms with Crippen molar-refractivity contribution in [2.75, 3.05) is 37.0 Å². The molecule has 38 heavy (non-hydrogen) atoms. The molecule has 1 aromatic heterocycles. The number of benzene rings is 2. The minimum Gasteiger partial charge on any atom is -0.406 e.